The Kier molecular flexibility index (Phi) is 16.9. The third-order valence-electron chi connectivity index (χ3n) is 8.08. The number of halogens is 1. The number of sulfonamides is 2. The lowest BCUT2D eigenvalue weighted by atomic mass is 10.1. The zero-order valence-corrected chi connectivity index (χ0v) is 33.6. The Morgan fingerprint density at radius 2 is 0.983 bits per heavy atom. The van der Waals surface area contributed by atoms with Crippen LogP contribution in [0.5, 0.6) is 28.7 Å². The first-order valence-electron chi connectivity index (χ1n) is 17.0. The van der Waals surface area contributed by atoms with Crippen LogP contribution < -0.4 is 24.5 Å². The fourth-order valence-electron chi connectivity index (χ4n) is 5.14. The number of methoxy groups -OCH3 is 4. The van der Waals surface area contributed by atoms with Gasteiger partial charge in [-0.3, -0.25) is 0 Å². The molecule has 0 spiro atoms. The summed E-state index contributed by atoms with van der Waals surface area (Å²) in [6.07, 6.45) is 0. The highest BCUT2D eigenvalue weighted by Gasteiger charge is 2.20. The molecule has 6 aromatic carbocycles. The summed E-state index contributed by atoms with van der Waals surface area (Å²) in [7, 11) is -2.75. The number of phenolic OH excluding ortho intramolecular Hbond substituents is 1. The number of primary sulfonamides is 2. The first-order valence-corrected chi connectivity index (χ1v) is 20.1. The maximum atomic E-state index is 13.0. The molecule has 6 rings (SSSR count). The van der Waals surface area contributed by atoms with Crippen LogP contribution in [0.1, 0.15) is 28.1 Å². The van der Waals surface area contributed by atoms with Gasteiger partial charge in [0.25, 0.3) is 0 Å². The van der Waals surface area contributed by atoms with Crippen molar-refractivity contribution < 1.29 is 59.6 Å². The Bertz CT molecular complexity index is 2640. The molecule has 0 heterocycles. The molecule has 0 aliphatic heterocycles. The molecule has 60 heavy (non-hydrogen) atoms. The fraction of sp³-hybridized carbons (Fsp3) is 0.116. The minimum atomic E-state index is -4.18. The van der Waals surface area contributed by atoms with E-state index in [1.54, 1.807) is 44.6 Å². The SMILES string of the molecule is C.COC(=O)c1ccc(F)c(S(N)(=O)=O)c1.COC(=O)c1ccc(Oc2cccc(-c3ccc(OC)cc3)c2)c(S(N)(=O)=O)c1.COc1ccc(-c2cccc(O)c2)cc1. The van der Waals surface area contributed by atoms with Gasteiger partial charge in [0.2, 0.25) is 20.0 Å². The Hall–Kier alpha value is -6.79. The van der Waals surface area contributed by atoms with E-state index in [0.717, 1.165) is 65.1 Å². The third-order valence-corrected chi connectivity index (χ3v) is 9.94. The number of phenols is 1. The van der Waals surface area contributed by atoms with Crippen molar-refractivity contribution >= 4 is 32.0 Å². The van der Waals surface area contributed by atoms with Gasteiger partial charge in [-0.1, -0.05) is 56.0 Å². The molecule has 0 saturated heterocycles. The number of aromatic hydroxyl groups is 1. The maximum absolute atomic E-state index is 13.0. The molecule has 0 aromatic heterocycles. The van der Waals surface area contributed by atoms with Gasteiger partial charge >= 0.3 is 11.9 Å². The summed E-state index contributed by atoms with van der Waals surface area (Å²) in [6.45, 7) is 0. The molecule has 5 N–H and O–H groups in total. The number of carbonyl (C=O) groups is 2. The van der Waals surface area contributed by atoms with Crippen molar-refractivity contribution in [3.8, 4) is 51.0 Å². The van der Waals surface area contributed by atoms with E-state index < -0.39 is 42.7 Å². The number of benzene rings is 6. The predicted octanol–water partition coefficient (Wildman–Crippen LogP) is 7.55. The summed E-state index contributed by atoms with van der Waals surface area (Å²) in [5.74, 6) is -0.180. The zero-order chi connectivity index (χ0) is 43.3. The summed E-state index contributed by atoms with van der Waals surface area (Å²) < 4.78 is 83.8. The van der Waals surface area contributed by atoms with Crippen molar-refractivity contribution in [1.82, 2.24) is 0 Å². The Labute approximate surface area is 347 Å². The van der Waals surface area contributed by atoms with E-state index in [1.165, 1.54) is 19.2 Å². The van der Waals surface area contributed by atoms with E-state index in [1.807, 2.05) is 66.7 Å². The molecule has 0 bridgehead atoms. The largest absolute Gasteiger partial charge is 0.508 e. The van der Waals surface area contributed by atoms with Crippen LogP contribution >= 0.6 is 0 Å². The van der Waals surface area contributed by atoms with Crippen LogP contribution in [0.25, 0.3) is 22.3 Å². The average Bonchev–Trinajstić information content (AvgIpc) is 3.23. The van der Waals surface area contributed by atoms with Crippen molar-refractivity contribution in [2.24, 2.45) is 10.3 Å². The third kappa shape index (κ3) is 13.1. The Balaban J connectivity index is 0.000000262. The summed E-state index contributed by atoms with van der Waals surface area (Å²) in [5, 5.41) is 19.4. The van der Waals surface area contributed by atoms with Crippen molar-refractivity contribution in [2.75, 3.05) is 28.4 Å². The number of esters is 2. The lowest BCUT2D eigenvalue weighted by molar-refractivity contribution is 0.0591. The fourth-order valence-corrected chi connectivity index (χ4v) is 6.46. The highest BCUT2D eigenvalue weighted by Crippen LogP contribution is 2.32. The molecule has 6 aromatic rings. The minimum Gasteiger partial charge on any atom is -0.508 e. The first kappa shape index (κ1) is 47.6. The smallest absolute Gasteiger partial charge is 0.337 e. The van der Waals surface area contributed by atoms with E-state index >= 15 is 0 Å². The molecule has 0 aliphatic carbocycles. The van der Waals surface area contributed by atoms with Crippen molar-refractivity contribution in [3.05, 3.63) is 150 Å². The number of hydrogen-bond donors (Lipinski definition) is 3. The van der Waals surface area contributed by atoms with Crippen LogP contribution in [-0.4, -0.2) is 62.3 Å². The second-order valence-electron chi connectivity index (χ2n) is 12.0. The van der Waals surface area contributed by atoms with Crippen molar-refractivity contribution in [1.29, 1.82) is 0 Å². The molecule has 316 valence electrons. The molecule has 0 amide bonds. The predicted molar refractivity (Wildman–Crippen MR) is 224 cm³/mol. The van der Waals surface area contributed by atoms with Crippen LogP contribution in [0.4, 0.5) is 4.39 Å². The maximum Gasteiger partial charge on any atom is 0.337 e. The topological polar surface area (TPSA) is 221 Å². The van der Waals surface area contributed by atoms with Crippen LogP contribution in [0.15, 0.2) is 143 Å². The van der Waals surface area contributed by atoms with E-state index in [4.69, 9.17) is 24.5 Å². The Morgan fingerprint density at radius 1 is 0.533 bits per heavy atom. The van der Waals surface area contributed by atoms with Gasteiger partial charge in [-0.15, -0.1) is 0 Å². The van der Waals surface area contributed by atoms with E-state index in [0.29, 0.717) is 5.75 Å². The van der Waals surface area contributed by atoms with Gasteiger partial charge < -0.3 is 28.8 Å². The second-order valence-corrected chi connectivity index (χ2v) is 15.1. The molecule has 0 saturated carbocycles. The molecule has 0 fully saturated rings. The van der Waals surface area contributed by atoms with Gasteiger partial charge in [0.1, 0.15) is 44.4 Å². The Morgan fingerprint density at radius 3 is 1.43 bits per heavy atom. The quantitative estimate of drug-likeness (QED) is 0.114. The molecule has 14 nitrogen and oxygen atoms in total. The van der Waals surface area contributed by atoms with Crippen molar-refractivity contribution in [2.45, 2.75) is 17.2 Å². The lowest BCUT2D eigenvalue weighted by Crippen LogP contribution is -2.15. The molecule has 0 unspecified atom stereocenters. The molecular weight excluding hydrogens is 820 g/mol. The van der Waals surface area contributed by atoms with Crippen LogP contribution in [-0.2, 0) is 29.5 Å². The normalized spacial score (nSPS) is 10.6. The number of rotatable bonds is 10. The highest BCUT2D eigenvalue weighted by molar-refractivity contribution is 7.89. The van der Waals surface area contributed by atoms with Gasteiger partial charge in [-0.05, 0) is 107 Å². The molecule has 0 aliphatic rings. The zero-order valence-electron chi connectivity index (χ0n) is 32.0. The minimum absolute atomic E-state index is 0. The van der Waals surface area contributed by atoms with Gasteiger partial charge in [-0.2, -0.15) is 0 Å². The van der Waals surface area contributed by atoms with Crippen LogP contribution in [0.2, 0.25) is 0 Å². The van der Waals surface area contributed by atoms with E-state index in [-0.39, 0.29) is 34.9 Å². The number of nitrogens with two attached hydrogens (primary N) is 2. The standard InChI is InChI=1S/C21H19NO6S.C13H12O2.C8H8FNO4S.CH4/c1-26-17-9-6-14(7-10-17)15-4-3-5-18(12-15)28-19-11-8-16(21(23)27-2)13-20(19)29(22,24)25;1-15-13-7-5-10(6-8-13)11-3-2-4-12(14)9-11;1-14-8(11)5-2-3-6(9)7(4-5)15(10,12)13;/h3-13H,1-2H3,(H2,22,24,25);2-9,14H,1H3;2-4H,1H3,(H2,10,12,13);1H4. The van der Waals surface area contributed by atoms with Crippen LogP contribution in [0.3, 0.4) is 0 Å². The summed E-state index contributed by atoms with van der Waals surface area (Å²) in [6, 6.07) is 36.2. The molecular formula is C43H43FN2O12S2. The molecule has 17 heteroatoms. The second kappa shape index (κ2) is 21.3. The van der Waals surface area contributed by atoms with E-state index in [9.17, 15) is 35.9 Å². The van der Waals surface area contributed by atoms with Crippen LogP contribution in [0, 0.1) is 5.82 Å². The molecule has 0 radical (unpaired) electrons. The lowest BCUT2D eigenvalue weighted by Gasteiger charge is -2.12. The van der Waals surface area contributed by atoms with Gasteiger partial charge in [0.05, 0.1) is 39.6 Å². The summed E-state index contributed by atoms with van der Waals surface area (Å²) in [5.41, 5.74) is 3.83. The highest BCUT2D eigenvalue weighted by atomic mass is 32.2. The van der Waals surface area contributed by atoms with Gasteiger partial charge in [-0.25, -0.2) is 41.1 Å². The van der Waals surface area contributed by atoms with Gasteiger partial charge in [0.15, 0.2) is 0 Å². The number of hydrogen-bond acceptors (Lipinski definition) is 12. The number of carbonyl (C=O) groups excluding carboxylic acids is 2. The first-order chi connectivity index (χ1) is 28.0. The van der Waals surface area contributed by atoms with Gasteiger partial charge in [0, 0.05) is 0 Å². The van der Waals surface area contributed by atoms with Crippen molar-refractivity contribution in [3.63, 3.8) is 0 Å². The summed E-state index contributed by atoms with van der Waals surface area (Å²) in [4.78, 5) is 21.7. The monoisotopic (exact) mass is 862 g/mol. The van der Waals surface area contributed by atoms with E-state index in [2.05, 4.69) is 9.47 Å². The average molecular weight is 863 g/mol. The molecule has 0 atom stereocenters. The summed E-state index contributed by atoms with van der Waals surface area (Å²) >= 11 is 0. The number of ether oxygens (including phenoxy) is 5.